The maximum absolute atomic E-state index is 8.77. The lowest BCUT2D eigenvalue weighted by Gasteiger charge is -1.95. The average Bonchev–Trinajstić information content (AvgIpc) is 2.84. The van der Waals surface area contributed by atoms with Gasteiger partial charge in [-0.15, -0.1) is 0 Å². The van der Waals surface area contributed by atoms with E-state index in [1.54, 1.807) is 18.3 Å². The summed E-state index contributed by atoms with van der Waals surface area (Å²) in [7, 11) is 0. The number of benzene rings is 1. The first-order chi connectivity index (χ1) is 8.78. The normalized spacial score (nSPS) is 10.4. The van der Waals surface area contributed by atoms with E-state index in [2.05, 4.69) is 21.0 Å². The van der Waals surface area contributed by atoms with Crippen molar-refractivity contribution >= 4 is 11.2 Å². The van der Waals surface area contributed by atoms with E-state index in [-0.39, 0.29) is 0 Å². The van der Waals surface area contributed by atoms with E-state index < -0.39 is 0 Å². The highest BCUT2D eigenvalue weighted by atomic mass is 15.0. The van der Waals surface area contributed by atoms with Crippen molar-refractivity contribution in [3.05, 3.63) is 47.7 Å². The van der Waals surface area contributed by atoms with E-state index in [0.717, 1.165) is 22.5 Å². The Kier molecular flexibility index (Phi) is 2.31. The van der Waals surface area contributed by atoms with Gasteiger partial charge in [-0.2, -0.15) is 5.26 Å². The molecule has 0 aliphatic rings. The first kappa shape index (κ1) is 10.5. The SMILES string of the molecule is Cc1ccnc2nc(-c3ccc(C#N)cc3)[nH]c12. The minimum absolute atomic E-state index is 0.643. The molecule has 86 valence electrons. The molecule has 1 aromatic carbocycles. The van der Waals surface area contributed by atoms with E-state index >= 15 is 0 Å². The van der Waals surface area contributed by atoms with Crippen LogP contribution >= 0.6 is 0 Å². The summed E-state index contributed by atoms with van der Waals surface area (Å²) in [5, 5.41) is 8.77. The van der Waals surface area contributed by atoms with Crippen LogP contribution < -0.4 is 0 Å². The molecule has 0 saturated carbocycles. The first-order valence-electron chi connectivity index (χ1n) is 5.60. The zero-order valence-corrected chi connectivity index (χ0v) is 9.81. The molecule has 0 spiro atoms. The highest BCUT2D eigenvalue weighted by Crippen LogP contribution is 2.21. The molecule has 3 aromatic rings. The maximum Gasteiger partial charge on any atom is 0.178 e. The van der Waals surface area contributed by atoms with E-state index in [1.807, 2.05) is 25.1 Å². The largest absolute Gasteiger partial charge is 0.336 e. The summed E-state index contributed by atoms with van der Waals surface area (Å²) in [6.07, 6.45) is 1.75. The van der Waals surface area contributed by atoms with Crippen LogP contribution in [0.4, 0.5) is 0 Å². The highest BCUT2D eigenvalue weighted by Gasteiger charge is 2.07. The number of H-pyrrole nitrogens is 1. The van der Waals surface area contributed by atoms with Crippen molar-refractivity contribution in [2.75, 3.05) is 0 Å². The smallest absolute Gasteiger partial charge is 0.178 e. The van der Waals surface area contributed by atoms with Crippen molar-refractivity contribution in [2.45, 2.75) is 6.92 Å². The quantitative estimate of drug-likeness (QED) is 0.704. The molecule has 0 unspecified atom stereocenters. The standard InChI is InChI=1S/C14H10N4/c1-9-6-7-16-14-12(9)17-13(18-14)11-4-2-10(8-15)3-5-11/h2-7H,1H3,(H,16,17,18). The van der Waals surface area contributed by atoms with Crippen molar-refractivity contribution in [2.24, 2.45) is 0 Å². The molecule has 0 aliphatic heterocycles. The third kappa shape index (κ3) is 1.62. The van der Waals surface area contributed by atoms with Crippen molar-refractivity contribution < 1.29 is 0 Å². The number of nitrogens with zero attached hydrogens (tertiary/aromatic N) is 3. The molecule has 0 fully saturated rings. The van der Waals surface area contributed by atoms with Gasteiger partial charge >= 0.3 is 0 Å². The zero-order valence-electron chi connectivity index (χ0n) is 9.81. The number of imidazole rings is 1. The number of hydrogen-bond donors (Lipinski definition) is 1. The predicted octanol–water partition coefficient (Wildman–Crippen LogP) is 2.81. The summed E-state index contributed by atoms with van der Waals surface area (Å²) in [5.41, 5.74) is 4.38. The molecule has 4 nitrogen and oxygen atoms in total. The molecule has 0 aliphatic carbocycles. The summed E-state index contributed by atoms with van der Waals surface area (Å²) in [6.45, 7) is 2.02. The predicted molar refractivity (Wildman–Crippen MR) is 68.8 cm³/mol. The van der Waals surface area contributed by atoms with Gasteiger partial charge in [0.1, 0.15) is 5.82 Å². The maximum atomic E-state index is 8.77. The Hall–Kier alpha value is -2.67. The molecule has 0 saturated heterocycles. The Morgan fingerprint density at radius 2 is 1.94 bits per heavy atom. The summed E-state index contributed by atoms with van der Waals surface area (Å²) in [5.74, 6) is 0.774. The van der Waals surface area contributed by atoms with Gasteiger partial charge in [0.2, 0.25) is 0 Å². The summed E-state index contributed by atoms with van der Waals surface area (Å²) in [6, 6.07) is 11.4. The number of hydrogen-bond acceptors (Lipinski definition) is 3. The summed E-state index contributed by atoms with van der Waals surface area (Å²) in [4.78, 5) is 11.9. The van der Waals surface area contributed by atoms with Crippen LogP contribution in [-0.4, -0.2) is 15.0 Å². The van der Waals surface area contributed by atoms with Gasteiger partial charge in [0.05, 0.1) is 17.1 Å². The number of aryl methyl sites for hydroxylation is 1. The second kappa shape index (κ2) is 3.97. The van der Waals surface area contributed by atoms with Gasteiger partial charge in [-0.1, -0.05) is 0 Å². The number of nitriles is 1. The van der Waals surface area contributed by atoms with Crippen molar-refractivity contribution in [1.82, 2.24) is 15.0 Å². The van der Waals surface area contributed by atoms with Crippen LogP contribution in [0.15, 0.2) is 36.5 Å². The molecule has 0 amide bonds. The lowest BCUT2D eigenvalue weighted by atomic mass is 10.1. The second-order valence-electron chi connectivity index (χ2n) is 4.10. The molecule has 18 heavy (non-hydrogen) atoms. The van der Waals surface area contributed by atoms with Crippen LogP contribution in [0.5, 0.6) is 0 Å². The Morgan fingerprint density at radius 3 is 2.61 bits per heavy atom. The van der Waals surface area contributed by atoms with Gasteiger partial charge in [0.15, 0.2) is 5.65 Å². The number of nitrogens with one attached hydrogen (secondary N) is 1. The number of fused-ring (bicyclic) bond motifs is 1. The fourth-order valence-electron chi connectivity index (χ4n) is 1.87. The molecule has 3 rings (SSSR count). The van der Waals surface area contributed by atoms with Crippen LogP contribution in [0.2, 0.25) is 0 Å². The third-order valence-corrected chi connectivity index (χ3v) is 2.89. The van der Waals surface area contributed by atoms with Gasteiger partial charge in [-0.3, -0.25) is 0 Å². The van der Waals surface area contributed by atoms with E-state index in [0.29, 0.717) is 11.2 Å². The van der Waals surface area contributed by atoms with Crippen LogP contribution in [-0.2, 0) is 0 Å². The molecule has 0 bridgehead atoms. The number of rotatable bonds is 1. The van der Waals surface area contributed by atoms with Crippen LogP contribution in [0, 0.1) is 18.3 Å². The number of aromatic nitrogens is 3. The first-order valence-corrected chi connectivity index (χ1v) is 5.60. The molecule has 1 N–H and O–H groups in total. The van der Waals surface area contributed by atoms with Gasteiger partial charge < -0.3 is 4.98 Å². The molecule has 0 atom stereocenters. The van der Waals surface area contributed by atoms with Gasteiger partial charge in [0.25, 0.3) is 0 Å². The topological polar surface area (TPSA) is 65.4 Å². The zero-order chi connectivity index (χ0) is 12.5. The molecule has 2 aromatic heterocycles. The minimum atomic E-state index is 0.643. The summed E-state index contributed by atoms with van der Waals surface area (Å²) >= 11 is 0. The van der Waals surface area contributed by atoms with Crippen LogP contribution in [0.1, 0.15) is 11.1 Å². The fourth-order valence-corrected chi connectivity index (χ4v) is 1.87. The van der Waals surface area contributed by atoms with Gasteiger partial charge in [-0.05, 0) is 42.8 Å². The van der Waals surface area contributed by atoms with Crippen LogP contribution in [0.3, 0.4) is 0 Å². The lowest BCUT2D eigenvalue weighted by Crippen LogP contribution is -1.81. The monoisotopic (exact) mass is 234 g/mol. The number of aromatic amines is 1. The van der Waals surface area contributed by atoms with Gasteiger partial charge in [-0.25, -0.2) is 9.97 Å². The molecular weight excluding hydrogens is 224 g/mol. The van der Waals surface area contributed by atoms with E-state index in [9.17, 15) is 0 Å². The van der Waals surface area contributed by atoms with Crippen molar-refractivity contribution in [3.63, 3.8) is 0 Å². The Bertz CT molecular complexity index is 748. The van der Waals surface area contributed by atoms with Crippen molar-refractivity contribution in [1.29, 1.82) is 5.26 Å². The molecule has 2 heterocycles. The molecule has 0 radical (unpaired) electrons. The lowest BCUT2D eigenvalue weighted by molar-refractivity contribution is 1.30. The van der Waals surface area contributed by atoms with E-state index in [4.69, 9.17) is 5.26 Å². The highest BCUT2D eigenvalue weighted by molar-refractivity contribution is 5.78. The Labute approximate surface area is 104 Å². The van der Waals surface area contributed by atoms with Crippen LogP contribution in [0.25, 0.3) is 22.6 Å². The Morgan fingerprint density at radius 1 is 1.17 bits per heavy atom. The van der Waals surface area contributed by atoms with E-state index in [1.165, 1.54) is 0 Å². The second-order valence-corrected chi connectivity index (χ2v) is 4.10. The Balaban J connectivity index is 2.14. The minimum Gasteiger partial charge on any atom is -0.336 e. The molecule has 4 heteroatoms. The summed E-state index contributed by atoms with van der Waals surface area (Å²) < 4.78 is 0. The fraction of sp³-hybridized carbons (Fsp3) is 0.0714. The molecular formula is C14H10N4. The number of pyridine rings is 1. The van der Waals surface area contributed by atoms with Crippen molar-refractivity contribution in [3.8, 4) is 17.5 Å². The van der Waals surface area contributed by atoms with Gasteiger partial charge in [0, 0.05) is 11.8 Å². The average molecular weight is 234 g/mol. The third-order valence-electron chi connectivity index (χ3n) is 2.89.